The molecule has 82 valence electrons. The third-order valence-corrected chi connectivity index (χ3v) is 2.86. The second kappa shape index (κ2) is 4.93. The Balaban J connectivity index is 2.37. The Hall–Kier alpha value is -1.63. The first-order valence-corrected chi connectivity index (χ1v) is 5.61. The minimum absolute atomic E-state index is 0.160. The van der Waals surface area contributed by atoms with Gasteiger partial charge in [0.2, 0.25) is 0 Å². The second-order valence-corrected chi connectivity index (χ2v) is 3.93. The van der Waals surface area contributed by atoms with E-state index in [4.69, 9.17) is 0 Å². The molecule has 0 saturated carbocycles. The summed E-state index contributed by atoms with van der Waals surface area (Å²) in [6.07, 6.45) is 0.980. The first kappa shape index (κ1) is 10.9. The van der Waals surface area contributed by atoms with Crippen LogP contribution in [-0.4, -0.2) is 0 Å². The lowest BCUT2D eigenvalue weighted by molar-refractivity contribution is 0.622. The van der Waals surface area contributed by atoms with Crippen LogP contribution in [0.2, 0.25) is 0 Å². The standard InChI is InChI=1S/C15H15F/c1-2-15(12-7-4-3-5-8-12)13-9-6-10-14(16)11-13/h3-11,15H,2H2,1H3. The largest absolute Gasteiger partial charge is 0.207 e. The lowest BCUT2D eigenvalue weighted by atomic mass is 9.89. The van der Waals surface area contributed by atoms with Gasteiger partial charge in [0.05, 0.1) is 0 Å². The smallest absolute Gasteiger partial charge is 0.123 e. The van der Waals surface area contributed by atoms with Gasteiger partial charge in [-0.15, -0.1) is 0 Å². The maximum absolute atomic E-state index is 13.2. The van der Waals surface area contributed by atoms with E-state index in [0.717, 1.165) is 12.0 Å². The minimum Gasteiger partial charge on any atom is -0.207 e. The van der Waals surface area contributed by atoms with Gasteiger partial charge in [-0.3, -0.25) is 0 Å². The molecule has 2 aromatic rings. The molecule has 0 amide bonds. The van der Waals surface area contributed by atoms with Crippen LogP contribution in [0.5, 0.6) is 0 Å². The molecule has 1 heteroatoms. The van der Waals surface area contributed by atoms with Gasteiger partial charge in [0.15, 0.2) is 0 Å². The van der Waals surface area contributed by atoms with E-state index in [1.165, 1.54) is 11.6 Å². The third kappa shape index (κ3) is 2.30. The highest BCUT2D eigenvalue weighted by molar-refractivity contribution is 5.32. The van der Waals surface area contributed by atoms with Gasteiger partial charge in [-0.2, -0.15) is 0 Å². The van der Waals surface area contributed by atoms with Crippen LogP contribution in [0.25, 0.3) is 0 Å². The van der Waals surface area contributed by atoms with Crippen molar-refractivity contribution >= 4 is 0 Å². The third-order valence-electron chi connectivity index (χ3n) is 2.86. The maximum Gasteiger partial charge on any atom is 0.123 e. The van der Waals surface area contributed by atoms with E-state index < -0.39 is 0 Å². The van der Waals surface area contributed by atoms with Crippen molar-refractivity contribution in [1.29, 1.82) is 0 Å². The summed E-state index contributed by atoms with van der Waals surface area (Å²) in [7, 11) is 0. The van der Waals surface area contributed by atoms with Gasteiger partial charge in [0, 0.05) is 5.92 Å². The molecule has 0 fully saturated rings. The Morgan fingerprint density at radius 1 is 0.938 bits per heavy atom. The molecule has 0 nitrogen and oxygen atoms in total. The van der Waals surface area contributed by atoms with Crippen molar-refractivity contribution < 1.29 is 4.39 Å². The van der Waals surface area contributed by atoms with E-state index in [1.54, 1.807) is 12.1 Å². The summed E-state index contributed by atoms with van der Waals surface area (Å²) in [4.78, 5) is 0. The molecular formula is C15H15F. The fourth-order valence-electron chi connectivity index (χ4n) is 2.07. The highest BCUT2D eigenvalue weighted by Crippen LogP contribution is 2.27. The van der Waals surface area contributed by atoms with E-state index in [-0.39, 0.29) is 11.7 Å². The van der Waals surface area contributed by atoms with Crippen molar-refractivity contribution in [2.24, 2.45) is 0 Å². The lowest BCUT2D eigenvalue weighted by Gasteiger charge is -2.15. The summed E-state index contributed by atoms with van der Waals surface area (Å²) in [5.41, 5.74) is 2.30. The first-order chi connectivity index (χ1) is 7.81. The van der Waals surface area contributed by atoms with Crippen LogP contribution in [-0.2, 0) is 0 Å². The number of rotatable bonds is 3. The van der Waals surface area contributed by atoms with Crippen molar-refractivity contribution in [3.63, 3.8) is 0 Å². The molecule has 0 aliphatic rings. The van der Waals surface area contributed by atoms with Gasteiger partial charge in [0.25, 0.3) is 0 Å². The summed E-state index contributed by atoms with van der Waals surface area (Å²) in [6, 6.07) is 17.1. The van der Waals surface area contributed by atoms with Gasteiger partial charge >= 0.3 is 0 Å². The Bertz CT molecular complexity index is 448. The van der Waals surface area contributed by atoms with E-state index in [0.29, 0.717) is 0 Å². The second-order valence-electron chi connectivity index (χ2n) is 3.93. The van der Waals surface area contributed by atoms with Crippen molar-refractivity contribution in [2.75, 3.05) is 0 Å². The fourth-order valence-corrected chi connectivity index (χ4v) is 2.07. The summed E-state index contributed by atoms with van der Waals surface area (Å²) in [5, 5.41) is 0. The normalized spacial score (nSPS) is 12.4. The summed E-state index contributed by atoms with van der Waals surface area (Å²) in [6.45, 7) is 2.13. The topological polar surface area (TPSA) is 0 Å². The van der Waals surface area contributed by atoms with E-state index >= 15 is 0 Å². The van der Waals surface area contributed by atoms with Gasteiger partial charge in [-0.05, 0) is 29.7 Å². The van der Waals surface area contributed by atoms with Crippen LogP contribution in [0, 0.1) is 5.82 Å². The van der Waals surface area contributed by atoms with Crippen LogP contribution in [0.3, 0.4) is 0 Å². The Morgan fingerprint density at radius 3 is 2.25 bits per heavy atom. The Labute approximate surface area is 95.7 Å². The quantitative estimate of drug-likeness (QED) is 0.711. The number of halogens is 1. The molecule has 0 saturated heterocycles. The van der Waals surface area contributed by atoms with Crippen molar-refractivity contribution in [2.45, 2.75) is 19.3 Å². The molecule has 0 bridgehead atoms. The number of benzene rings is 2. The van der Waals surface area contributed by atoms with Gasteiger partial charge in [-0.1, -0.05) is 49.4 Å². The molecule has 0 aromatic heterocycles. The van der Waals surface area contributed by atoms with Crippen LogP contribution < -0.4 is 0 Å². The summed E-state index contributed by atoms with van der Waals surface area (Å²) >= 11 is 0. The molecule has 0 aliphatic carbocycles. The van der Waals surface area contributed by atoms with Gasteiger partial charge < -0.3 is 0 Å². The van der Waals surface area contributed by atoms with Crippen LogP contribution in [0.4, 0.5) is 4.39 Å². The zero-order chi connectivity index (χ0) is 11.4. The zero-order valence-corrected chi connectivity index (χ0v) is 9.36. The van der Waals surface area contributed by atoms with E-state index in [1.807, 2.05) is 24.3 Å². The Kier molecular flexibility index (Phi) is 3.35. The summed E-state index contributed by atoms with van der Waals surface area (Å²) in [5.74, 6) is 0.129. The van der Waals surface area contributed by atoms with Crippen LogP contribution in [0.1, 0.15) is 30.4 Å². The van der Waals surface area contributed by atoms with Gasteiger partial charge in [-0.25, -0.2) is 4.39 Å². The molecular weight excluding hydrogens is 199 g/mol. The van der Waals surface area contributed by atoms with Gasteiger partial charge in [0.1, 0.15) is 5.82 Å². The average Bonchev–Trinajstić information content (AvgIpc) is 2.31. The van der Waals surface area contributed by atoms with Crippen molar-refractivity contribution in [3.05, 3.63) is 71.5 Å². The molecule has 0 aliphatic heterocycles. The number of hydrogen-bond donors (Lipinski definition) is 0. The van der Waals surface area contributed by atoms with E-state index in [9.17, 15) is 4.39 Å². The molecule has 16 heavy (non-hydrogen) atoms. The molecule has 2 rings (SSSR count). The van der Waals surface area contributed by atoms with E-state index in [2.05, 4.69) is 19.1 Å². The molecule has 1 atom stereocenters. The fraction of sp³-hybridized carbons (Fsp3) is 0.200. The summed E-state index contributed by atoms with van der Waals surface area (Å²) < 4.78 is 13.2. The lowest BCUT2D eigenvalue weighted by Crippen LogP contribution is -1.99. The molecule has 0 N–H and O–H groups in total. The maximum atomic E-state index is 13.2. The highest BCUT2D eigenvalue weighted by atomic mass is 19.1. The van der Waals surface area contributed by atoms with Crippen molar-refractivity contribution in [3.8, 4) is 0 Å². The molecule has 0 radical (unpaired) electrons. The zero-order valence-electron chi connectivity index (χ0n) is 9.36. The predicted octanol–water partition coefficient (Wildman–Crippen LogP) is 4.37. The number of hydrogen-bond acceptors (Lipinski definition) is 0. The monoisotopic (exact) mass is 214 g/mol. The molecule has 2 aromatic carbocycles. The predicted molar refractivity (Wildman–Crippen MR) is 65.0 cm³/mol. The molecule has 1 unspecified atom stereocenters. The highest BCUT2D eigenvalue weighted by Gasteiger charge is 2.11. The SMILES string of the molecule is CCC(c1ccccc1)c1cccc(F)c1. The molecule has 0 spiro atoms. The van der Waals surface area contributed by atoms with Crippen LogP contribution in [0.15, 0.2) is 54.6 Å². The first-order valence-electron chi connectivity index (χ1n) is 5.61. The minimum atomic E-state index is -0.160. The Morgan fingerprint density at radius 2 is 1.62 bits per heavy atom. The average molecular weight is 214 g/mol. The van der Waals surface area contributed by atoms with Crippen LogP contribution >= 0.6 is 0 Å². The van der Waals surface area contributed by atoms with Crippen molar-refractivity contribution in [1.82, 2.24) is 0 Å². The molecule has 0 heterocycles.